The van der Waals surface area contributed by atoms with Gasteiger partial charge in [-0.3, -0.25) is 0 Å². The summed E-state index contributed by atoms with van der Waals surface area (Å²) < 4.78 is 22.6. The van der Waals surface area contributed by atoms with Gasteiger partial charge in [-0.15, -0.1) is 0 Å². The Morgan fingerprint density at radius 1 is 1.38 bits per heavy atom. The molecule has 0 aromatic heterocycles. The van der Waals surface area contributed by atoms with Gasteiger partial charge in [-0.25, -0.2) is 5.14 Å². The Labute approximate surface area is 94.2 Å². The maximum atomic E-state index is 11.3. The van der Waals surface area contributed by atoms with E-state index in [1.54, 1.807) is 0 Å². The van der Waals surface area contributed by atoms with Crippen LogP contribution in [0.4, 0.5) is 0 Å². The van der Waals surface area contributed by atoms with Crippen molar-refractivity contribution in [2.45, 2.75) is 24.3 Å². The molecule has 4 N–H and O–H groups in total. The van der Waals surface area contributed by atoms with Crippen molar-refractivity contribution in [1.29, 1.82) is 5.26 Å². The van der Waals surface area contributed by atoms with Gasteiger partial charge in [0.1, 0.15) is 4.90 Å². The summed E-state index contributed by atoms with van der Waals surface area (Å²) in [5.41, 5.74) is -0.651. The molecule has 0 saturated carbocycles. The van der Waals surface area contributed by atoms with Gasteiger partial charge in [0.15, 0.2) is 0 Å². The molecule has 0 spiro atoms. The van der Waals surface area contributed by atoms with Crippen LogP contribution in [-0.4, -0.2) is 13.5 Å². The van der Waals surface area contributed by atoms with Gasteiger partial charge >= 0.3 is 10.0 Å². The standard InChI is InChI=1S/C10H12N2O3S/c1-10(2,13)8-3-7(6-11)4-9(5-8)16(12,14)15/h3-5,13H,1-2H3,(H2,12,14,15)/p+1. The largest absolute Gasteiger partial charge is 0.386 e. The van der Waals surface area contributed by atoms with Crippen molar-refractivity contribution in [3.63, 3.8) is 0 Å². The van der Waals surface area contributed by atoms with Crippen LogP contribution >= 0.6 is 0 Å². The van der Waals surface area contributed by atoms with Crippen molar-refractivity contribution in [3.8, 4) is 6.07 Å². The predicted octanol–water partition coefficient (Wildman–Crippen LogP) is -0.284. The molecule has 0 bridgehead atoms. The van der Waals surface area contributed by atoms with Gasteiger partial charge < -0.3 is 5.11 Å². The fourth-order valence-corrected chi connectivity index (χ4v) is 1.81. The molecule has 1 aromatic carbocycles. The van der Waals surface area contributed by atoms with Crippen molar-refractivity contribution in [3.05, 3.63) is 29.3 Å². The molecule has 1 rings (SSSR count). The number of nitrogens with zero attached hydrogens (tertiary/aromatic N) is 1. The Bertz CT molecular complexity index is 550. The number of hydrogen-bond donors (Lipinski definition) is 2. The van der Waals surface area contributed by atoms with Crippen LogP contribution in [0.15, 0.2) is 23.1 Å². The average molecular weight is 241 g/mol. The molecule has 1 aromatic rings. The van der Waals surface area contributed by atoms with E-state index in [9.17, 15) is 13.5 Å². The Morgan fingerprint density at radius 3 is 2.31 bits per heavy atom. The van der Waals surface area contributed by atoms with Crippen LogP contribution in [0.3, 0.4) is 0 Å². The molecule has 5 nitrogen and oxygen atoms in total. The second kappa shape index (κ2) is 3.87. The smallest absolute Gasteiger partial charge is 0.322 e. The molecule has 6 heteroatoms. The highest BCUT2D eigenvalue weighted by molar-refractivity contribution is 7.84. The van der Waals surface area contributed by atoms with E-state index >= 15 is 0 Å². The predicted molar refractivity (Wildman–Crippen MR) is 56.5 cm³/mol. The van der Waals surface area contributed by atoms with Crippen molar-refractivity contribution in [2.24, 2.45) is 0 Å². The molecule has 0 amide bonds. The zero-order chi connectivity index (χ0) is 12.6. The number of rotatable bonds is 2. The number of quaternary nitrogens is 1. The third-order valence-corrected chi connectivity index (χ3v) is 3.06. The van der Waals surface area contributed by atoms with Crippen LogP contribution in [0.2, 0.25) is 0 Å². The highest BCUT2D eigenvalue weighted by atomic mass is 32.2. The van der Waals surface area contributed by atoms with Crippen molar-refractivity contribution in [1.82, 2.24) is 0 Å². The fraction of sp³-hybridized carbons (Fsp3) is 0.300. The highest BCUT2D eigenvalue weighted by Gasteiger charge is 2.21. The Balaban J connectivity index is 3.53. The van der Waals surface area contributed by atoms with Crippen molar-refractivity contribution in [2.75, 3.05) is 0 Å². The summed E-state index contributed by atoms with van der Waals surface area (Å²) in [5.74, 6) is 0. The van der Waals surface area contributed by atoms with Crippen LogP contribution in [0.5, 0.6) is 0 Å². The summed E-state index contributed by atoms with van der Waals surface area (Å²) in [4.78, 5) is -0.0660. The third-order valence-electron chi connectivity index (χ3n) is 2.10. The topological polar surface area (TPSA) is 106 Å². The summed E-state index contributed by atoms with van der Waals surface area (Å²) >= 11 is 0. The molecule has 0 unspecified atom stereocenters. The molecule has 0 aliphatic carbocycles. The summed E-state index contributed by atoms with van der Waals surface area (Å²) in [6, 6.07) is 5.86. The van der Waals surface area contributed by atoms with Gasteiger partial charge in [0.05, 0.1) is 17.2 Å². The summed E-state index contributed by atoms with van der Waals surface area (Å²) in [6.45, 7) is 3.03. The molecule has 86 valence electrons. The van der Waals surface area contributed by atoms with E-state index in [0.29, 0.717) is 5.56 Å². The summed E-state index contributed by atoms with van der Waals surface area (Å²) in [5, 5.41) is 21.6. The van der Waals surface area contributed by atoms with Crippen LogP contribution in [0.1, 0.15) is 25.0 Å². The second-order valence-electron chi connectivity index (χ2n) is 4.03. The van der Waals surface area contributed by atoms with E-state index in [-0.39, 0.29) is 10.5 Å². The first kappa shape index (κ1) is 12.6. The van der Waals surface area contributed by atoms with Gasteiger partial charge in [-0.05, 0) is 37.6 Å². The first-order chi connectivity index (χ1) is 7.14. The molecule has 0 fully saturated rings. The molecule has 0 aliphatic rings. The lowest BCUT2D eigenvalue weighted by atomic mass is 9.97. The van der Waals surface area contributed by atoms with E-state index in [2.05, 4.69) is 5.14 Å². The highest BCUT2D eigenvalue weighted by Crippen LogP contribution is 2.23. The van der Waals surface area contributed by atoms with E-state index in [1.807, 2.05) is 6.07 Å². The van der Waals surface area contributed by atoms with E-state index in [4.69, 9.17) is 5.26 Å². The summed E-state index contributed by atoms with van der Waals surface area (Å²) in [7, 11) is -3.63. The maximum Gasteiger partial charge on any atom is 0.322 e. The van der Waals surface area contributed by atoms with Gasteiger partial charge in [0, 0.05) is 0 Å². The fourth-order valence-electron chi connectivity index (χ4n) is 1.20. The van der Waals surface area contributed by atoms with Gasteiger partial charge in [0.25, 0.3) is 0 Å². The second-order valence-corrected chi connectivity index (χ2v) is 5.73. The van der Waals surface area contributed by atoms with Crippen LogP contribution in [-0.2, 0) is 15.6 Å². The molecule has 0 atom stereocenters. The zero-order valence-electron chi connectivity index (χ0n) is 9.06. The van der Waals surface area contributed by atoms with Crippen molar-refractivity contribution < 1.29 is 18.7 Å². The number of sulfonamides is 1. The SMILES string of the molecule is CC(C)(O)c1cc(C#N)cc(S([NH3+])(=O)=O)c1. The molecule has 0 radical (unpaired) electrons. The average Bonchev–Trinajstić information content (AvgIpc) is 2.14. The number of nitriles is 1. The van der Waals surface area contributed by atoms with Crippen molar-refractivity contribution >= 4 is 10.0 Å². The van der Waals surface area contributed by atoms with Crippen LogP contribution in [0, 0.1) is 11.3 Å². The Morgan fingerprint density at radius 2 is 1.94 bits per heavy atom. The van der Waals surface area contributed by atoms with Gasteiger partial charge in [0.2, 0.25) is 0 Å². The lowest BCUT2D eigenvalue weighted by Gasteiger charge is -2.18. The quantitative estimate of drug-likeness (QED) is 0.742. The lowest BCUT2D eigenvalue weighted by molar-refractivity contribution is -0.164. The van der Waals surface area contributed by atoms with E-state index in [1.165, 1.54) is 32.0 Å². The lowest BCUT2D eigenvalue weighted by Crippen LogP contribution is -2.56. The van der Waals surface area contributed by atoms with E-state index in [0.717, 1.165) is 0 Å². The molecular weight excluding hydrogens is 228 g/mol. The summed E-state index contributed by atoms with van der Waals surface area (Å²) in [6.07, 6.45) is 0. The number of hydrogen-bond acceptors (Lipinski definition) is 4. The molecule has 0 saturated heterocycles. The minimum absolute atomic E-state index is 0.0660. The first-order valence-electron chi connectivity index (χ1n) is 4.51. The Hall–Kier alpha value is -1.42. The van der Waals surface area contributed by atoms with Crippen LogP contribution < -0.4 is 5.14 Å². The molecule has 16 heavy (non-hydrogen) atoms. The first-order valence-corrected chi connectivity index (χ1v) is 6.16. The van der Waals surface area contributed by atoms with Gasteiger partial charge in [-0.1, -0.05) is 0 Å². The molecule has 0 heterocycles. The zero-order valence-corrected chi connectivity index (χ0v) is 9.87. The number of benzene rings is 1. The third kappa shape index (κ3) is 2.79. The van der Waals surface area contributed by atoms with E-state index < -0.39 is 15.6 Å². The van der Waals surface area contributed by atoms with Gasteiger partial charge in [-0.2, -0.15) is 13.7 Å². The maximum absolute atomic E-state index is 11.3. The normalized spacial score (nSPS) is 12.2. The molecular formula is C10H13N2O3S+. The minimum Gasteiger partial charge on any atom is -0.386 e. The monoisotopic (exact) mass is 241 g/mol. The number of aliphatic hydroxyl groups is 1. The van der Waals surface area contributed by atoms with Crippen LogP contribution in [0.25, 0.3) is 0 Å². The minimum atomic E-state index is -3.63. The molecule has 0 aliphatic heterocycles. The Kier molecular flexibility index (Phi) is 3.06.